The van der Waals surface area contributed by atoms with Gasteiger partial charge in [0, 0.05) is 37.9 Å². The zero-order valence-corrected chi connectivity index (χ0v) is 19.8. The molecule has 0 fully saturated rings. The molecule has 2 aromatic heterocycles. The smallest absolute Gasteiger partial charge is 0.133 e. The second-order valence-electron chi connectivity index (χ2n) is 8.70. The molecule has 1 unspecified atom stereocenters. The molecule has 0 amide bonds. The Balaban J connectivity index is 1.46. The fraction of sp³-hybridized carbons (Fsp3) is 0.0645. The maximum Gasteiger partial charge on any atom is 0.133 e. The highest BCUT2D eigenvalue weighted by atomic mass is 32.1. The van der Waals surface area contributed by atoms with Crippen LogP contribution >= 0.6 is 11.3 Å². The number of halogens is 2. The van der Waals surface area contributed by atoms with Gasteiger partial charge in [-0.2, -0.15) is 0 Å². The lowest BCUT2D eigenvalue weighted by Gasteiger charge is -2.13. The highest BCUT2D eigenvalue weighted by Gasteiger charge is 2.18. The summed E-state index contributed by atoms with van der Waals surface area (Å²) in [6, 6.07) is 30.5. The monoisotopic (exact) mass is 477 g/mol. The number of benzene rings is 4. The van der Waals surface area contributed by atoms with Crippen LogP contribution in [0.2, 0.25) is 0 Å². The molecule has 35 heavy (non-hydrogen) atoms. The standard InChI is InChI=1S/C31H21F2NS/c1-19(20-7-3-2-4-8-20)21-15-16-34-27(17-21)22-13-14-23-29(18-22)35-28-12-5-9-24(30(23)28)31-25(32)10-6-11-26(31)33/h2-19H,1H3. The van der Waals surface area contributed by atoms with Crippen molar-refractivity contribution in [3.8, 4) is 22.4 Å². The van der Waals surface area contributed by atoms with Gasteiger partial charge < -0.3 is 0 Å². The molecular formula is C31H21F2NS. The number of pyridine rings is 1. The van der Waals surface area contributed by atoms with Gasteiger partial charge in [0.1, 0.15) is 11.6 Å². The minimum Gasteiger partial charge on any atom is -0.256 e. The van der Waals surface area contributed by atoms with Crippen LogP contribution in [0.4, 0.5) is 8.78 Å². The van der Waals surface area contributed by atoms with Gasteiger partial charge >= 0.3 is 0 Å². The molecule has 1 nitrogen and oxygen atoms in total. The van der Waals surface area contributed by atoms with Gasteiger partial charge in [-0.05, 0) is 53.1 Å². The fourth-order valence-corrected chi connectivity index (χ4v) is 5.93. The van der Waals surface area contributed by atoms with Crippen molar-refractivity contribution in [3.05, 3.63) is 126 Å². The van der Waals surface area contributed by atoms with Gasteiger partial charge in [-0.3, -0.25) is 4.98 Å². The van der Waals surface area contributed by atoms with Crippen molar-refractivity contribution in [2.45, 2.75) is 12.8 Å². The molecule has 0 aliphatic heterocycles. The van der Waals surface area contributed by atoms with E-state index >= 15 is 0 Å². The Labute approximate surface area is 206 Å². The maximum atomic E-state index is 14.6. The minimum atomic E-state index is -0.554. The summed E-state index contributed by atoms with van der Waals surface area (Å²) >= 11 is 1.63. The predicted molar refractivity (Wildman–Crippen MR) is 142 cm³/mol. The molecule has 2 heterocycles. The van der Waals surface area contributed by atoms with E-state index in [4.69, 9.17) is 0 Å². The van der Waals surface area contributed by atoms with Crippen LogP contribution in [0.3, 0.4) is 0 Å². The van der Waals surface area contributed by atoms with Crippen LogP contribution in [-0.4, -0.2) is 4.98 Å². The number of nitrogens with zero attached hydrogens (tertiary/aromatic N) is 1. The van der Waals surface area contributed by atoms with E-state index in [9.17, 15) is 8.78 Å². The van der Waals surface area contributed by atoms with Crippen molar-refractivity contribution >= 4 is 31.5 Å². The van der Waals surface area contributed by atoms with E-state index in [0.29, 0.717) is 5.56 Å². The Bertz CT molecular complexity index is 1670. The molecule has 6 rings (SSSR count). The minimum absolute atomic E-state index is 0.0196. The summed E-state index contributed by atoms with van der Waals surface area (Å²) in [5.41, 5.74) is 4.99. The van der Waals surface area contributed by atoms with E-state index in [0.717, 1.165) is 31.4 Å². The highest BCUT2D eigenvalue weighted by Crippen LogP contribution is 2.42. The van der Waals surface area contributed by atoms with Crippen molar-refractivity contribution in [3.63, 3.8) is 0 Å². The first-order valence-corrected chi connectivity index (χ1v) is 12.3. The number of hydrogen-bond acceptors (Lipinski definition) is 2. The first kappa shape index (κ1) is 21.6. The van der Waals surface area contributed by atoms with Crippen LogP contribution in [0.15, 0.2) is 103 Å². The maximum absolute atomic E-state index is 14.6. The Kier molecular flexibility index (Phi) is 5.39. The van der Waals surface area contributed by atoms with Crippen LogP contribution in [0.1, 0.15) is 24.0 Å². The Morgan fingerprint density at radius 2 is 1.49 bits per heavy atom. The average molecular weight is 478 g/mol. The number of aromatic nitrogens is 1. The van der Waals surface area contributed by atoms with E-state index < -0.39 is 11.6 Å². The summed E-state index contributed by atoms with van der Waals surface area (Å²) in [5, 5.41) is 1.86. The molecular weight excluding hydrogens is 456 g/mol. The van der Waals surface area contributed by atoms with Gasteiger partial charge in [0.05, 0.1) is 11.3 Å². The fourth-order valence-electron chi connectivity index (χ4n) is 4.76. The number of rotatable bonds is 4. The Morgan fingerprint density at radius 1 is 0.714 bits per heavy atom. The van der Waals surface area contributed by atoms with Crippen LogP contribution in [0, 0.1) is 11.6 Å². The van der Waals surface area contributed by atoms with E-state index in [2.05, 4.69) is 54.4 Å². The van der Waals surface area contributed by atoms with Gasteiger partial charge in [-0.25, -0.2) is 8.78 Å². The summed E-state index contributed by atoms with van der Waals surface area (Å²) in [4.78, 5) is 4.64. The Hall–Kier alpha value is -3.89. The average Bonchev–Trinajstić information content (AvgIpc) is 3.27. The summed E-state index contributed by atoms with van der Waals surface area (Å²) in [6.45, 7) is 2.20. The van der Waals surface area contributed by atoms with Crippen molar-refractivity contribution in [1.29, 1.82) is 0 Å². The zero-order chi connectivity index (χ0) is 23.9. The number of thiophene rings is 1. The van der Waals surface area contributed by atoms with Gasteiger partial charge in [-0.15, -0.1) is 11.3 Å². The molecule has 4 aromatic carbocycles. The number of fused-ring (bicyclic) bond motifs is 3. The molecule has 170 valence electrons. The summed E-state index contributed by atoms with van der Waals surface area (Å²) in [5.74, 6) is -0.853. The molecule has 0 aliphatic carbocycles. The van der Waals surface area contributed by atoms with E-state index in [-0.39, 0.29) is 11.5 Å². The molecule has 1 atom stereocenters. The van der Waals surface area contributed by atoms with Crippen molar-refractivity contribution in [2.24, 2.45) is 0 Å². The molecule has 6 aromatic rings. The lowest BCUT2D eigenvalue weighted by atomic mass is 9.92. The zero-order valence-electron chi connectivity index (χ0n) is 19.0. The van der Waals surface area contributed by atoms with Gasteiger partial charge in [0.25, 0.3) is 0 Å². The third-order valence-corrected chi connectivity index (χ3v) is 7.73. The molecule has 0 saturated heterocycles. The highest BCUT2D eigenvalue weighted by molar-refractivity contribution is 7.26. The van der Waals surface area contributed by atoms with Crippen molar-refractivity contribution in [2.75, 3.05) is 0 Å². The normalized spacial score (nSPS) is 12.3. The molecule has 0 spiro atoms. The largest absolute Gasteiger partial charge is 0.256 e. The van der Waals surface area contributed by atoms with Gasteiger partial charge in [-0.1, -0.05) is 67.6 Å². The first-order valence-electron chi connectivity index (χ1n) is 11.5. The third-order valence-electron chi connectivity index (χ3n) is 6.61. The molecule has 0 radical (unpaired) electrons. The van der Waals surface area contributed by atoms with Crippen LogP contribution < -0.4 is 0 Å². The van der Waals surface area contributed by atoms with Crippen molar-refractivity contribution in [1.82, 2.24) is 4.98 Å². The van der Waals surface area contributed by atoms with Gasteiger partial charge in [0.2, 0.25) is 0 Å². The van der Waals surface area contributed by atoms with Crippen LogP contribution in [0.5, 0.6) is 0 Å². The molecule has 0 saturated carbocycles. The first-order chi connectivity index (χ1) is 17.1. The molecule has 0 aliphatic rings. The second kappa shape index (κ2) is 8.71. The van der Waals surface area contributed by atoms with Crippen LogP contribution in [0.25, 0.3) is 42.6 Å². The lowest BCUT2D eigenvalue weighted by Crippen LogP contribution is -1.97. The molecule has 4 heteroatoms. The summed E-state index contributed by atoms with van der Waals surface area (Å²) in [6.07, 6.45) is 1.86. The lowest BCUT2D eigenvalue weighted by molar-refractivity contribution is 0.590. The van der Waals surface area contributed by atoms with Crippen molar-refractivity contribution < 1.29 is 8.78 Å². The summed E-state index contributed by atoms with van der Waals surface area (Å²) in [7, 11) is 0. The quantitative estimate of drug-likeness (QED) is 0.247. The predicted octanol–water partition coefficient (Wildman–Crippen LogP) is 9.21. The third kappa shape index (κ3) is 3.80. The van der Waals surface area contributed by atoms with Crippen LogP contribution in [-0.2, 0) is 0 Å². The number of hydrogen-bond donors (Lipinski definition) is 0. The Morgan fingerprint density at radius 3 is 2.29 bits per heavy atom. The second-order valence-corrected chi connectivity index (χ2v) is 9.78. The molecule has 0 bridgehead atoms. The van der Waals surface area contributed by atoms with Gasteiger partial charge in [0.15, 0.2) is 0 Å². The summed E-state index contributed by atoms with van der Waals surface area (Å²) < 4.78 is 31.3. The SMILES string of the molecule is CC(c1ccccc1)c1ccnc(-c2ccc3c(c2)sc2cccc(-c4c(F)cccc4F)c23)c1. The van der Waals surface area contributed by atoms with E-state index in [1.54, 1.807) is 17.4 Å². The van der Waals surface area contributed by atoms with E-state index in [1.165, 1.54) is 29.3 Å². The van der Waals surface area contributed by atoms with E-state index in [1.807, 2.05) is 36.5 Å². The molecule has 0 N–H and O–H groups in total. The topological polar surface area (TPSA) is 12.9 Å².